The quantitative estimate of drug-likeness (QED) is 0.716. The van der Waals surface area contributed by atoms with Gasteiger partial charge in [0.1, 0.15) is 0 Å². The molecule has 146 valence electrons. The summed E-state index contributed by atoms with van der Waals surface area (Å²) in [6.45, 7) is 0.545. The number of carbonyl (C=O) groups excluding carboxylic acids is 3. The predicted octanol–water partition coefficient (Wildman–Crippen LogP) is 3.62. The molecule has 2 aromatic rings. The molecule has 1 aliphatic heterocycles. The Labute approximate surface area is 168 Å². The topological polar surface area (TPSA) is 90.5 Å². The van der Waals surface area contributed by atoms with Crippen LogP contribution < -0.4 is 20.9 Å². The van der Waals surface area contributed by atoms with Gasteiger partial charge in [0.2, 0.25) is 11.8 Å². The standard InChI is InChI=1S/C20H21ClN4O3/c21-14-4-6-16(7-5-14)24-20(28)22-13-18(26)23-15-8-10-17(11-9-15)25-12-2-1-3-19(25)27/h4-11H,1-3,12-13H2,(H,23,26)(H2,22,24,28). The summed E-state index contributed by atoms with van der Waals surface area (Å²) in [7, 11) is 0. The van der Waals surface area contributed by atoms with Crippen LogP contribution in [0.1, 0.15) is 19.3 Å². The average molecular weight is 401 g/mol. The van der Waals surface area contributed by atoms with Crippen molar-refractivity contribution in [2.75, 3.05) is 28.6 Å². The van der Waals surface area contributed by atoms with Gasteiger partial charge >= 0.3 is 6.03 Å². The Morgan fingerprint density at radius 1 is 0.929 bits per heavy atom. The van der Waals surface area contributed by atoms with Gasteiger partial charge in [-0.3, -0.25) is 9.59 Å². The molecule has 0 aromatic heterocycles. The van der Waals surface area contributed by atoms with E-state index in [2.05, 4.69) is 16.0 Å². The number of hydrogen-bond acceptors (Lipinski definition) is 3. The fourth-order valence-corrected chi connectivity index (χ4v) is 3.00. The van der Waals surface area contributed by atoms with Gasteiger partial charge in [-0.2, -0.15) is 0 Å². The second-order valence-electron chi connectivity index (χ2n) is 6.41. The molecule has 3 rings (SSSR count). The molecule has 28 heavy (non-hydrogen) atoms. The number of hydrogen-bond donors (Lipinski definition) is 3. The summed E-state index contributed by atoms with van der Waals surface area (Å²) in [6.07, 6.45) is 2.50. The number of amides is 4. The number of halogens is 1. The summed E-state index contributed by atoms with van der Waals surface area (Å²) in [4.78, 5) is 37.6. The van der Waals surface area contributed by atoms with Gasteiger partial charge in [-0.15, -0.1) is 0 Å². The van der Waals surface area contributed by atoms with E-state index in [9.17, 15) is 14.4 Å². The molecular formula is C20H21ClN4O3. The summed E-state index contributed by atoms with van der Waals surface area (Å²) < 4.78 is 0. The number of benzene rings is 2. The van der Waals surface area contributed by atoms with Crippen LogP contribution in [0.25, 0.3) is 0 Å². The largest absolute Gasteiger partial charge is 0.329 e. The van der Waals surface area contributed by atoms with Crippen LogP contribution in [0.5, 0.6) is 0 Å². The van der Waals surface area contributed by atoms with Crippen molar-refractivity contribution >= 4 is 46.5 Å². The first-order valence-electron chi connectivity index (χ1n) is 9.02. The van der Waals surface area contributed by atoms with Crippen molar-refractivity contribution in [2.24, 2.45) is 0 Å². The van der Waals surface area contributed by atoms with Gasteiger partial charge in [-0.05, 0) is 61.4 Å². The molecule has 0 unspecified atom stereocenters. The summed E-state index contributed by atoms with van der Waals surface area (Å²) in [5, 5.41) is 8.37. The average Bonchev–Trinajstić information content (AvgIpc) is 2.69. The monoisotopic (exact) mass is 400 g/mol. The van der Waals surface area contributed by atoms with E-state index < -0.39 is 6.03 Å². The molecule has 0 spiro atoms. The van der Waals surface area contributed by atoms with Crippen LogP contribution in [-0.4, -0.2) is 30.9 Å². The lowest BCUT2D eigenvalue weighted by molar-refractivity contribution is -0.119. The second kappa shape index (κ2) is 9.23. The number of nitrogens with one attached hydrogen (secondary N) is 3. The van der Waals surface area contributed by atoms with Gasteiger partial charge in [0.15, 0.2) is 0 Å². The highest BCUT2D eigenvalue weighted by atomic mass is 35.5. The first kappa shape index (κ1) is 19.7. The zero-order valence-electron chi connectivity index (χ0n) is 15.2. The van der Waals surface area contributed by atoms with Crippen LogP contribution in [-0.2, 0) is 9.59 Å². The number of urea groups is 1. The van der Waals surface area contributed by atoms with E-state index in [4.69, 9.17) is 11.6 Å². The predicted molar refractivity (Wildman–Crippen MR) is 110 cm³/mol. The smallest absolute Gasteiger partial charge is 0.319 e. The number of piperidine rings is 1. The Morgan fingerprint density at radius 2 is 1.57 bits per heavy atom. The molecule has 1 aliphatic rings. The first-order valence-corrected chi connectivity index (χ1v) is 9.40. The highest BCUT2D eigenvalue weighted by molar-refractivity contribution is 6.30. The molecule has 0 saturated carbocycles. The molecule has 0 bridgehead atoms. The fraction of sp³-hybridized carbons (Fsp3) is 0.250. The van der Waals surface area contributed by atoms with Crippen molar-refractivity contribution in [3.05, 3.63) is 53.6 Å². The third-order valence-electron chi connectivity index (χ3n) is 4.30. The number of rotatable bonds is 5. The van der Waals surface area contributed by atoms with Crippen LogP contribution in [0.15, 0.2) is 48.5 Å². The Balaban J connectivity index is 1.46. The Hall–Kier alpha value is -3.06. The lowest BCUT2D eigenvalue weighted by Gasteiger charge is -2.26. The van der Waals surface area contributed by atoms with E-state index in [1.807, 2.05) is 0 Å². The van der Waals surface area contributed by atoms with Crippen LogP contribution in [0.4, 0.5) is 21.9 Å². The molecule has 1 heterocycles. The van der Waals surface area contributed by atoms with E-state index >= 15 is 0 Å². The minimum Gasteiger partial charge on any atom is -0.329 e. The van der Waals surface area contributed by atoms with Crippen molar-refractivity contribution < 1.29 is 14.4 Å². The van der Waals surface area contributed by atoms with Gasteiger partial charge in [0, 0.05) is 35.1 Å². The molecule has 2 aromatic carbocycles. The van der Waals surface area contributed by atoms with Crippen LogP contribution in [0.2, 0.25) is 5.02 Å². The molecule has 8 heteroatoms. The third kappa shape index (κ3) is 5.47. The molecule has 7 nitrogen and oxygen atoms in total. The minimum absolute atomic E-state index is 0.124. The molecular weight excluding hydrogens is 380 g/mol. The van der Waals surface area contributed by atoms with E-state index in [0.29, 0.717) is 22.8 Å². The molecule has 1 fully saturated rings. The Kier molecular flexibility index (Phi) is 6.49. The summed E-state index contributed by atoms with van der Waals surface area (Å²) in [6, 6.07) is 13.2. The molecule has 1 saturated heterocycles. The van der Waals surface area contributed by atoms with Crippen molar-refractivity contribution in [3.8, 4) is 0 Å². The molecule has 0 atom stereocenters. The van der Waals surface area contributed by atoms with Gasteiger partial charge < -0.3 is 20.9 Å². The van der Waals surface area contributed by atoms with Crippen LogP contribution in [0, 0.1) is 0 Å². The SMILES string of the molecule is O=C(CNC(=O)Nc1ccc(Cl)cc1)Nc1ccc(N2CCCCC2=O)cc1. The van der Waals surface area contributed by atoms with Gasteiger partial charge in [-0.1, -0.05) is 11.6 Å². The van der Waals surface area contributed by atoms with Gasteiger partial charge in [0.25, 0.3) is 0 Å². The maximum absolute atomic E-state index is 12.0. The summed E-state index contributed by atoms with van der Waals surface area (Å²) in [5.74, 6) is -0.230. The van der Waals surface area contributed by atoms with E-state index in [-0.39, 0.29) is 18.4 Å². The van der Waals surface area contributed by atoms with Crippen molar-refractivity contribution in [3.63, 3.8) is 0 Å². The van der Waals surface area contributed by atoms with E-state index in [0.717, 1.165) is 25.1 Å². The lowest BCUT2D eigenvalue weighted by Crippen LogP contribution is -2.36. The molecule has 3 N–H and O–H groups in total. The molecule has 4 amide bonds. The Morgan fingerprint density at radius 3 is 2.25 bits per heavy atom. The fourth-order valence-electron chi connectivity index (χ4n) is 2.88. The van der Waals surface area contributed by atoms with Gasteiger partial charge in [0.05, 0.1) is 6.54 Å². The number of anilines is 3. The van der Waals surface area contributed by atoms with Crippen molar-refractivity contribution in [1.82, 2.24) is 5.32 Å². The van der Waals surface area contributed by atoms with Crippen LogP contribution >= 0.6 is 11.6 Å². The third-order valence-corrected chi connectivity index (χ3v) is 4.55. The normalized spacial score (nSPS) is 13.8. The number of carbonyl (C=O) groups is 3. The zero-order valence-corrected chi connectivity index (χ0v) is 16.0. The molecule has 0 aliphatic carbocycles. The zero-order chi connectivity index (χ0) is 19.9. The van der Waals surface area contributed by atoms with E-state index in [1.54, 1.807) is 53.4 Å². The summed E-state index contributed by atoms with van der Waals surface area (Å²) >= 11 is 5.79. The Bertz CT molecular complexity index is 853. The molecule has 0 radical (unpaired) electrons. The maximum Gasteiger partial charge on any atom is 0.319 e. The minimum atomic E-state index is -0.489. The van der Waals surface area contributed by atoms with Crippen molar-refractivity contribution in [2.45, 2.75) is 19.3 Å². The van der Waals surface area contributed by atoms with Gasteiger partial charge in [-0.25, -0.2) is 4.79 Å². The maximum atomic E-state index is 12.0. The van der Waals surface area contributed by atoms with Crippen LogP contribution in [0.3, 0.4) is 0 Å². The second-order valence-corrected chi connectivity index (χ2v) is 6.85. The van der Waals surface area contributed by atoms with E-state index in [1.165, 1.54) is 0 Å². The summed E-state index contributed by atoms with van der Waals surface area (Å²) in [5.41, 5.74) is 1.99. The lowest BCUT2D eigenvalue weighted by atomic mass is 10.1. The highest BCUT2D eigenvalue weighted by Gasteiger charge is 2.19. The number of nitrogens with zero attached hydrogens (tertiary/aromatic N) is 1. The first-order chi connectivity index (χ1) is 13.5. The highest BCUT2D eigenvalue weighted by Crippen LogP contribution is 2.22. The van der Waals surface area contributed by atoms with Crippen molar-refractivity contribution in [1.29, 1.82) is 0 Å².